The third-order valence-electron chi connectivity index (χ3n) is 8.47. The quantitative estimate of drug-likeness (QED) is 0.101. The van der Waals surface area contributed by atoms with Crippen molar-refractivity contribution in [3.8, 4) is 62.0 Å². The van der Waals surface area contributed by atoms with Gasteiger partial charge in [0, 0.05) is 29.3 Å². The van der Waals surface area contributed by atoms with E-state index in [9.17, 15) is 0 Å². The summed E-state index contributed by atoms with van der Waals surface area (Å²) in [5.74, 6) is 1.24. The molecule has 282 valence electrons. The van der Waals surface area contributed by atoms with Crippen LogP contribution < -0.4 is 28.7 Å². The lowest BCUT2D eigenvalue weighted by Crippen LogP contribution is -2.31. The Hall–Kier alpha value is -4.96. The molecule has 0 radical (unpaired) electrons. The summed E-state index contributed by atoms with van der Waals surface area (Å²) in [7, 11) is -9.12. The molecule has 0 bridgehead atoms. The van der Waals surface area contributed by atoms with Crippen LogP contribution in [0.25, 0.3) is 39.0 Å². The summed E-state index contributed by atoms with van der Waals surface area (Å²) in [6, 6.07) is 51.9. The highest BCUT2D eigenvalue weighted by Crippen LogP contribution is 2.60. The van der Waals surface area contributed by atoms with Gasteiger partial charge in [-0.3, -0.25) is 0 Å². The molecular weight excluding hydrogens is 847 g/mol. The number of para-hydroxylation sites is 4. The number of rotatable bonds is 14. The van der Waals surface area contributed by atoms with Gasteiger partial charge in [0.15, 0.2) is 0 Å². The molecule has 0 saturated carbocycles. The Labute approximate surface area is 349 Å². The van der Waals surface area contributed by atoms with Gasteiger partial charge >= 0.3 is 15.2 Å². The van der Waals surface area contributed by atoms with Crippen LogP contribution in [0.1, 0.15) is 0 Å². The lowest BCUT2D eigenvalue weighted by atomic mass is 10.3. The fourth-order valence-electron chi connectivity index (χ4n) is 5.98. The molecule has 5 heterocycles. The van der Waals surface area contributed by atoms with E-state index in [0.717, 1.165) is 29.3 Å². The van der Waals surface area contributed by atoms with Gasteiger partial charge < -0.3 is 18.1 Å². The van der Waals surface area contributed by atoms with Crippen LogP contribution in [0, 0.1) is 0 Å². The van der Waals surface area contributed by atoms with Gasteiger partial charge in [0.25, 0.3) is 0 Å². The molecule has 0 spiro atoms. The van der Waals surface area contributed by atoms with E-state index in [2.05, 4.69) is 24.3 Å². The van der Waals surface area contributed by atoms with Crippen molar-refractivity contribution < 1.29 is 27.2 Å². The summed E-state index contributed by atoms with van der Waals surface area (Å²) >= 11 is 7.75. The van der Waals surface area contributed by atoms with Crippen LogP contribution in [0.3, 0.4) is 0 Å². The number of hydrogen-bond acceptors (Lipinski definition) is 11. The van der Waals surface area contributed by atoms with Crippen molar-refractivity contribution in [2.45, 2.75) is 0 Å². The highest BCUT2D eigenvalue weighted by Gasteiger charge is 2.50. The molecular formula is C44H30O6P2S5. The van der Waals surface area contributed by atoms with E-state index in [1.54, 1.807) is 142 Å². The van der Waals surface area contributed by atoms with Crippen LogP contribution in [0.5, 0.6) is 23.0 Å². The Kier molecular flexibility index (Phi) is 10.9. The molecule has 9 aromatic rings. The lowest BCUT2D eigenvalue weighted by molar-refractivity contribution is 0.394. The smallest absolute Gasteiger partial charge is 0.413 e. The molecule has 6 nitrogen and oxygen atoms in total. The largest absolute Gasteiger partial charge is 0.465 e. The van der Waals surface area contributed by atoms with Crippen LogP contribution in [0.15, 0.2) is 181 Å². The van der Waals surface area contributed by atoms with Gasteiger partial charge in [-0.15, -0.1) is 56.7 Å². The molecule has 0 unspecified atom stereocenters. The van der Waals surface area contributed by atoms with E-state index in [0.29, 0.717) is 32.8 Å². The van der Waals surface area contributed by atoms with Crippen molar-refractivity contribution in [2.24, 2.45) is 0 Å². The molecule has 13 heteroatoms. The standard InChI is InChI=1S/C44H30O6P2S5/c45-51(47-31-15-5-1-6-16-31,48-32-17-7-2-8-18-32)41-42(52(46,49-33-19-9-3-10-20-33)50-34-21-11-4-12-22-34)44(40-28-26-38(56-40)36-24-14-30-54-36)57-43(41)39-27-25-37(55-39)35-23-13-29-53-35/h1-30H. The lowest BCUT2D eigenvalue weighted by Gasteiger charge is -2.25. The molecule has 5 aromatic heterocycles. The first kappa shape index (κ1) is 37.6. The summed E-state index contributed by atoms with van der Waals surface area (Å²) in [6.45, 7) is 0. The predicted octanol–water partition coefficient (Wildman–Crippen LogP) is 14.6. The Bertz CT molecular complexity index is 2520. The van der Waals surface area contributed by atoms with E-state index in [4.69, 9.17) is 18.1 Å². The highest BCUT2D eigenvalue weighted by molar-refractivity contribution is 7.71. The molecule has 0 fully saturated rings. The van der Waals surface area contributed by atoms with E-state index in [-0.39, 0.29) is 10.6 Å². The Morgan fingerprint density at radius 1 is 0.316 bits per heavy atom. The molecule has 9 rings (SSSR count). The Balaban J connectivity index is 1.37. The first-order valence-corrected chi connectivity index (χ1v) is 24.9. The number of benzene rings is 4. The minimum atomic E-state index is -4.56. The fraction of sp³-hybridized carbons (Fsp3) is 0. The molecule has 0 atom stereocenters. The highest BCUT2D eigenvalue weighted by atomic mass is 32.1. The van der Waals surface area contributed by atoms with Gasteiger partial charge in [0.05, 0.1) is 9.75 Å². The van der Waals surface area contributed by atoms with Gasteiger partial charge in [-0.2, -0.15) is 0 Å². The molecule has 0 saturated heterocycles. The van der Waals surface area contributed by atoms with E-state index < -0.39 is 15.2 Å². The zero-order chi connectivity index (χ0) is 38.7. The summed E-state index contributed by atoms with van der Waals surface area (Å²) in [5, 5.41) is 4.29. The average Bonchev–Trinajstić information content (AvgIpc) is 4.08. The van der Waals surface area contributed by atoms with Crippen LogP contribution in [-0.2, 0) is 9.13 Å². The van der Waals surface area contributed by atoms with Crippen molar-refractivity contribution in [3.63, 3.8) is 0 Å². The van der Waals surface area contributed by atoms with E-state index in [1.807, 2.05) is 59.3 Å². The summed E-state index contributed by atoms with van der Waals surface area (Å²) in [6.07, 6.45) is 0. The molecule has 0 N–H and O–H groups in total. The zero-order valence-corrected chi connectivity index (χ0v) is 35.6. The van der Waals surface area contributed by atoms with Crippen molar-refractivity contribution in [1.29, 1.82) is 0 Å². The monoisotopic (exact) mass is 876 g/mol. The fourth-order valence-corrected chi connectivity index (χ4v) is 16.5. The van der Waals surface area contributed by atoms with Gasteiger partial charge in [0.2, 0.25) is 0 Å². The third kappa shape index (κ3) is 8.11. The Morgan fingerprint density at radius 3 is 0.930 bits per heavy atom. The first-order valence-electron chi connectivity index (χ1n) is 17.6. The SMILES string of the molecule is O=P(Oc1ccccc1)(Oc1ccccc1)c1c(-c2ccc(-c3cccs3)s2)sc(-c2ccc(-c3cccs3)s2)c1P(=O)(Oc1ccccc1)Oc1ccccc1. The van der Waals surface area contributed by atoms with Gasteiger partial charge in [-0.1, -0.05) is 84.9 Å². The summed E-state index contributed by atoms with van der Waals surface area (Å²) in [4.78, 5) is 6.99. The predicted molar refractivity (Wildman–Crippen MR) is 240 cm³/mol. The van der Waals surface area contributed by atoms with Crippen LogP contribution in [0.4, 0.5) is 0 Å². The molecule has 0 aliphatic rings. The maximum Gasteiger partial charge on any atom is 0.465 e. The minimum Gasteiger partial charge on any atom is -0.413 e. The molecule has 0 aliphatic carbocycles. The average molecular weight is 877 g/mol. The third-order valence-corrected chi connectivity index (χ3v) is 18.6. The number of hydrogen-bond donors (Lipinski definition) is 0. The first-order chi connectivity index (χ1) is 27.9. The van der Waals surface area contributed by atoms with Crippen LogP contribution in [-0.4, -0.2) is 0 Å². The molecule has 0 amide bonds. The second-order valence-electron chi connectivity index (χ2n) is 12.4. The van der Waals surface area contributed by atoms with Gasteiger partial charge in [-0.25, -0.2) is 9.13 Å². The molecule has 57 heavy (non-hydrogen) atoms. The van der Waals surface area contributed by atoms with Gasteiger partial charge in [-0.05, 0) is 95.7 Å². The summed E-state index contributed by atoms with van der Waals surface area (Å²) in [5.41, 5.74) is 0. The van der Waals surface area contributed by atoms with Crippen LogP contribution in [0.2, 0.25) is 0 Å². The Morgan fingerprint density at radius 2 is 0.632 bits per heavy atom. The van der Waals surface area contributed by atoms with Gasteiger partial charge in [0.1, 0.15) is 33.6 Å². The topological polar surface area (TPSA) is 71.1 Å². The van der Waals surface area contributed by atoms with Crippen LogP contribution >= 0.6 is 71.9 Å². The second-order valence-corrected chi connectivity index (χ2v) is 21.1. The molecule has 4 aromatic carbocycles. The number of thiophene rings is 5. The van der Waals surface area contributed by atoms with E-state index >= 15 is 9.13 Å². The van der Waals surface area contributed by atoms with Crippen molar-refractivity contribution >= 4 is 82.5 Å². The summed E-state index contributed by atoms with van der Waals surface area (Å²) < 4.78 is 59.1. The molecule has 0 aliphatic heterocycles. The minimum absolute atomic E-state index is 0.107. The van der Waals surface area contributed by atoms with Crippen molar-refractivity contribution in [1.82, 2.24) is 0 Å². The van der Waals surface area contributed by atoms with Crippen molar-refractivity contribution in [2.75, 3.05) is 0 Å². The normalized spacial score (nSPS) is 11.6. The zero-order valence-electron chi connectivity index (χ0n) is 29.7. The van der Waals surface area contributed by atoms with E-state index in [1.165, 1.54) is 11.3 Å². The maximum atomic E-state index is 16.3. The maximum absolute atomic E-state index is 16.3. The second kappa shape index (κ2) is 16.5. The van der Waals surface area contributed by atoms with Crippen molar-refractivity contribution in [3.05, 3.63) is 181 Å².